The fourth-order valence-electron chi connectivity index (χ4n) is 7.24. The quantitative estimate of drug-likeness (QED) is 0.613. The summed E-state index contributed by atoms with van der Waals surface area (Å²) in [4.78, 5) is 32.8. The molecule has 0 aromatic heterocycles. The molecule has 0 aromatic carbocycles. The van der Waals surface area contributed by atoms with Crippen LogP contribution in [0, 0.1) is 11.8 Å². The van der Waals surface area contributed by atoms with Gasteiger partial charge in [0.1, 0.15) is 0 Å². The van der Waals surface area contributed by atoms with Crippen LogP contribution < -0.4 is 0 Å². The standard InChI is InChI=1S/C27H43N3O4/c1-2-34-27(32)29-14-5-6-21(9-17-29)28-15-10-22(11-16-28)30-24-8-4-3-7-23(24)25(26(30)31)20-12-18-33-19-13-20/h20-22,25H,2-19H2,1H3. The Morgan fingerprint density at radius 2 is 1.65 bits per heavy atom. The second-order valence-electron chi connectivity index (χ2n) is 10.9. The molecule has 34 heavy (non-hydrogen) atoms. The molecule has 2 unspecified atom stereocenters. The van der Waals surface area contributed by atoms with Crippen molar-refractivity contribution in [3.05, 3.63) is 11.3 Å². The van der Waals surface area contributed by atoms with E-state index in [0.717, 1.165) is 97.2 Å². The molecule has 4 aliphatic heterocycles. The molecule has 190 valence electrons. The Hall–Kier alpha value is -1.60. The normalized spacial score (nSPS) is 30.4. The second kappa shape index (κ2) is 11.0. The number of hydrogen-bond acceptors (Lipinski definition) is 5. The molecule has 2 atom stereocenters. The number of carbonyl (C=O) groups is 2. The van der Waals surface area contributed by atoms with Crippen molar-refractivity contribution >= 4 is 12.0 Å². The molecule has 4 heterocycles. The maximum Gasteiger partial charge on any atom is 0.409 e. The molecule has 1 aliphatic carbocycles. The van der Waals surface area contributed by atoms with Gasteiger partial charge in [0.05, 0.1) is 12.5 Å². The largest absolute Gasteiger partial charge is 0.450 e. The highest BCUT2D eigenvalue weighted by molar-refractivity contribution is 5.88. The Balaban J connectivity index is 1.20. The number of nitrogens with zero attached hydrogens (tertiary/aromatic N) is 3. The first-order chi connectivity index (χ1) is 16.7. The van der Waals surface area contributed by atoms with Crippen molar-refractivity contribution in [3.8, 4) is 0 Å². The van der Waals surface area contributed by atoms with Gasteiger partial charge in [0, 0.05) is 57.2 Å². The maximum atomic E-state index is 13.8. The van der Waals surface area contributed by atoms with Crippen LogP contribution in [0.5, 0.6) is 0 Å². The van der Waals surface area contributed by atoms with Crippen molar-refractivity contribution in [2.75, 3.05) is 46.0 Å². The lowest BCUT2D eigenvalue weighted by Crippen LogP contribution is -2.49. The minimum absolute atomic E-state index is 0.132. The minimum Gasteiger partial charge on any atom is -0.450 e. The topological polar surface area (TPSA) is 62.3 Å². The van der Waals surface area contributed by atoms with Crippen molar-refractivity contribution in [1.82, 2.24) is 14.7 Å². The van der Waals surface area contributed by atoms with Gasteiger partial charge in [-0.25, -0.2) is 4.79 Å². The van der Waals surface area contributed by atoms with Crippen molar-refractivity contribution < 1.29 is 19.1 Å². The van der Waals surface area contributed by atoms with Gasteiger partial charge in [0.25, 0.3) is 0 Å². The van der Waals surface area contributed by atoms with Crippen molar-refractivity contribution in [2.45, 2.75) is 89.6 Å². The van der Waals surface area contributed by atoms with Crippen LogP contribution >= 0.6 is 0 Å². The van der Waals surface area contributed by atoms with Crippen LogP contribution in [0.1, 0.15) is 77.6 Å². The molecule has 0 bridgehead atoms. The van der Waals surface area contributed by atoms with E-state index in [1.54, 1.807) is 0 Å². The molecule has 0 saturated carbocycles. The van der Waals surface area contributed by atoms with Gasteiger partial charge in [-0.15, -0.1) is 0 Å². The lowest BCUT2D eigenvalue weighted by Gasteiger charge is -2.41. The zero-order valence-electron chi connectivity index (χ0n) is 21.0. The zero-order chi connectivity index (χ0) is 23.5. The molecule has 5 aliphatic rings. The van der Waals surface area contributed by atoms with Crippen molar-refractivity contribution in [2.24, 2.45) is 11.8 Å². The fourth-order valence-corrected chi connectivity index (χ4v) is 7.24. The van der Waals surface area contributed by atoms with E-state index in [2.05, 4.69) is 9.80 Å². The zero-order valence-corrected chi connectivity index (χ0v) is 21.0. The first-order valence-corrected chi connectivity index (χ1v) is 14.0. The van der Waals surface area contributed by atoms with Crippen LogP contribution in [0.4, 0.5) is 4.79 Å². The summed E-state index contributed by atoms with van der Waals surface area (Å²) in [6, 6.07) is 0.896. The molecule has 0 N–H and O–H groups in total. The number of amides is 2. The van der Waals surface area contributed by atoms with Gasteiger partial charge in [0.2, 0.25) is 5.91 Å². The molecule has 5 rings (SSSR count). The van der Waals surface area contributed by atoms with Crippen LogP contribution in [-0.4, -0.2) is 84.8 Å². The summed E-state index contributed by atoms with van der Waals surface area (Å²) in [5.41, 5.74) is 2.90. The summed E-state index contributed by atoms with van der Waals surface area (Å²) in [5, 5.41) is 0. The summed E-state index contributed by atoms with van der Waals surface area (Å²) in [7, 11) is 0. The number of rotatable bonds is 4. The number of carbonyl (C=O) groups excluding carboxylic acids is 2. The smallest absolute Gasteiger partial charge is 0.409 e. The Bertz CT molecular complexity index is 770. The van der Waals surface area contributed by atoms with Gasteiger partial charge in [0.15, 0.2) is 0 Å². The van der Waals surface area contributed by atoms with E-state index in [1.165, 1.54) is 24.1 Å². The number of ether oxygens (including phenoxy) is 2. The third kappa shape index (κ3) is 4.88. The molecule has 3 fully saturated rings. The Labute approximate surface area is 204 Å². The van der Waals surface area contributed by atoms with E-state index in [1.807, 2.05) is 11.8 Å². The van der Waals surface area contributed by atoms with Crippen LogP contribution in [0.15, 0.2) is 11.3 Å². The predicted octanol–water partition coefficient (Wildman–Crippen LogP) is 4.17. The van der Waals surface area contributed by atoms with E-state index in [4.69, 9.17) is 9.47 Å². The van der Waals surface area contributed by atoms with Gasteiger partial charge in [-0.05, 0) is 89.0 Å². The maximum absolute atomic E-state index is 13.8. The molecule has 7 heteroatoms. The Morgan fingerprint density at radius 1 is 0.912 bits per heavy atom. The van der Waals surface area contributed by atoms with Crippen molar-refractivity contribution in [1.29, 1.82) is 0 Å². The third-order valence-electron chi connectivity index (χ3n) is 8.99. The summed E-state index contributed by atoms with van der Waals surface area (Å²) in [6.45, 7) is 7.64. The molecule has 3 saturated heterocycles. The average Bonchev–Trinajstić information content (AvgIpc) is 3.00. The Kier molecular flexibility index (Phi) is 7.79. The number of likely N-dealkylation sites (tertiary alicyclic amines) is 2. The SMILES string of the molecule is CCOC(=O)N1CCCC(N2CCC(N3C(=O)C(C4CCOCC4)C4=C3CCCC4)CC2)CC1. The lowest BCUT2D eigenvalue weighted by atomic mass is 9.78. The molecule has 0 radical (unpaired) electrons. The molecular weight excluding hydrogens is 430 g/mol. The molecule has 0 aromatic rings. The highest BCUT2D eigenvalue weighted by Gasteiger charge is 2.47. The average molecular weight is 474 g/mol. The second-order valence-corrected chi connectivity index (χ2v) is 10.9. The Morgan fingerprint density at radius 3 is 2.41 bits per heavy atom. The van der Waals surface area contributed by atoms with E-state index in [-0.39, 0.29) is 12.0 Å². The highest BCUT2D eigenvalue weighted by atomic mass is 16.6. The van der Waals surface area contributed by atoms with Gasteiger partial charge in [-0.3, -0.25) is 4.79 Å². The fraction of sp³-hybridized carbons (Fsp3) is 0.852. The van der Waals surface area contributed by atoms with E-state index >= 15 is 0 Å². The van der Waals surface area contributed by atoms with Gasteiger partial charge in [-0.1, -0.05) is 0 Å². The first-order valence-electron chi connectivity index (χ1n) is 14.0. The lowest BCUT2D eigenvalue weighted by molar-refractivity contribution is -0.135. The summed E-state index contributed by atoms with van der Waals surface area (Å²) < 4.78 is 10.8. The first kappa shape index (κ1) is 24.1. The summed E-state index contributed by atoms with van der Waals surface area (Å²) in [5.74, 6) is 1.02. The van der Waals surface area contributed by atoms with E-state index < -0.39 is 0 Å². The van der Waals surface area contributed by atoms with Gasteiger partial charge in [-0.2, -0.15) is 0 Å². The van der Waals surface area contributed by atoms with Crippen LogP contribution in [-0.2, 0) is 14.3 Å². The third-order valence-corrected chi connectivity index (χ3v) is 8.99. The van der Waals surface area contributed by atoms with Crippen LogP contribution in [0.2, 0.25) is 0 Å². The highest BCUT2D eigenvalue weighted by Crippen LogP contribution is 2.46. The summed E-state index contributed by atoms with van der Waals surface area (Å²) >= 11 is 0. The minimum atomic E-state index is -0.162. The van der Waals surface area contributed by atoms with Crippen LogP contribution in [0.25, 0.3) is 0 Å². The monoisotopic (exact) mass is 473 g/mol. The molecule has 0 spiro atoms. The van der Waals surface area contributed by atoms with E-state index in [0.29, 0.717) is 30.5 Å². The van der Waals surface area contributed by atoms with Crippen LogP contribution in [0.3, 0.4) is 0 Å². The number of allylic oxidation sites excluding steroid dienone is 1. The van der Waals surface area contributed by atoms with E-state index in [9.17, 15) is 9.59 Å². The van der Waals surface area contributed by atoms with Crippen molar-refractivity contribution in [3.63, 3.8) is 0 Å². The van der Waals surface area contributed by atoms with Gasteiger partial charge < -0.3 is 24.2 Å². The predicted molar refractivity (Wildman–Crippen MR) is 130 cm³/mol. The summed E-state index contributed by atoms with van der Waals surface area (Å²) in [6.07, 6.45) is 11.9. The van der Waals surface area contributed by atoms with Gasteiger partial charge >= 0.3 is 6.09 Å². The number of piperidine rings is 1. The number of hydrogen-bond donors (Lipinski definition) is 0. The molecular formula is C27H43N3O4. The molecule has 7 nitrogen and oxygen atoms in total. The molecule has 2 amide bonds.